The first-order chi connectivity index (χ1) is 7.39. The third-order valence-electron chi connectivity index (χ3n) is 2.12. The normalized spacial score (nSPS) is 13.6. The molecular formula is C12H25NO2S. The predicted molar refractivity (Wildman–Crippen MR) is 70.7 cm³/mol. The van der Waals surface area contributed by atoms with Crippen LogP contribution in [0.1, 0.15) is 40.5 Å². The molecule has 2 N–H and O–H groups in total. The second kappa shape index (κ2) is 7.96. The summed E-state index contributed by atoms with van der Waals surface area (Å²) in [6, 6.07) is -0.112. The van der Waals surface area contributed by atoms with E-state index in [-0.39, 0.29) is 24.0 Å². The van der Waals surface area contributed by atoms with Gasteiger partial charge >= 0.3 is 0 Å². The van der Waals surface area contributed by atoms with E-state index in [1.807, 2.05) is 0 Å². The topological polar surface area (TPSA) is 49.3 Å². The van der Waals surface area contributed by atoms with Crippen molar-refractivity contribution < 1.29 is 9.90 Å². The van der Waals surface area contributed by atoms with E-state index in [1.54, 1.807) is 11.8 Å². The molecule has 1 unspecified atom stereocenters. The molecule has 3 nitrogen and oxygen atoms in total. The third kappa shape index (κ3) is 9.04. The Balaban J connectivity index is 3.88. The fourth-order valence-corrected chi connectivity index (χ4v) is 2.13. The lowest BCUT2D eigenvalue weighted by molar-refractivity contribution is -0.121. The minimum atomic E-state index is -0.112. The van der Waals surface area contributed by atoms with Gasteiger partial charge in [0.25, 0.3) is 0 Å². The van der Waals surface area contributed by atoms with E-state index < -0.39 is 0 Å². The molecule has 0 heterocycles. The molecular weight excluding hydrogens is 222 g/mol. The summed E-state index contributed by atoms with van der Waals surface area (Å²) in [5.41, 5.74) is 0.124. The van der Waals surface area contributed by atoms with Crippen LogP contribution in [-0.2, 0) is 4.79 Å². The first kappa shape index (κ1) is 15.8. The quantitative estimate of drug-likeness (QED) is 0.677. The summed E-state index contributed by atoms with van der Waals surface area (Å²) in [5.74, 6) is 1.94. The largest absolute Gasteiger partial charge is 0.394 e. The van der Waals surface area contributed by atoms with Crippen LogP contribution >= 0.6 is 11.8 Å². The highest BCUT2D eigenvalue weighted by Crippen LogP contribution is 2.20. The molecule has 0 fully saturated rings. The summed E-state index contributed by atoms with van der Waals surface area (Å²) in [6.07, 6.45) is 1.34. The van der Waals surface area contributed by atoms with Crippen molar-refractivity contribution in [2.75, 3.05) is 18.1 Å². The molecule has 0 aliphatic rings. The predicted octanol–water partition coefficient (Wildman–Crippen LogP) is 2.04. The number of rotatable bonds is 7. The standard InChI is InChI=1S/C12H25NO2S/c1-5-16-7-6-11(15)13-10(9-14)8-12(2,3)4/h10,14H,5-9H2,1-4H3,(H,13,15). The Kier molecular flexibility index (Phi) is 7.85. The fraction of sp³-hybridized carbons (Fsp3) is 0.917. The Hall–Kier alpha value is -0.220. The number of carbonyl (C=O) groups is 1. The second-order valence-electron chi connectivity index (χ2n) is 5.16. The smallest absolute Gasteiger partial charge is 0.221 e. The molecule has 0 rings (SSSR count). The molecule has 0 bridgehead atoms. The maximum atomic E-state index is 11.5. The summed E-state index contributed by atoms with van der Waals surface area (Å²) in [7, 11) is 0. The molecule has 0 aromatic rings. The lowest BCUT2D eigenvalue weighted by Gasteiger charge is -2.25. The summed E-state index contributed by atoms with van der Waals surface area (Å²) < 4.78 is 0. The van der Waals surface area contributed by atoms with E-state index in [2.05, 4.69) is 33.0 Å². The highest BCUT2D eigenvalue weighted by Gasteiger charge is 2.19. The first-order valence-electron chi connectivity index (χ1n) is 5.87. The number of carbonyl (C=O) groups excluding carboxylic acids is 1. The van der Waals surface area contributed by atoms with Crippen LogP contribution < -0.4 is 5.32 Å². The van der Waals surface area contributed by atoms with Crippen molar-refractivity contribution in [1.82, 2.24) is 5.32 Å². The van der Waals surface area contributed by atoms with Gasteiger partial charge in [-0.2, -0.15) is 11.8 Å². The molecule has 0 spiro atoms. The zero-order valence-corrected chi connectivity index (χ0v) is 11.7. The molecule has 0 aromatic heterocycles. The average Bonchev–Trinajstić information content (AvgIpc) is 2.15. The highest BCUT2D eigenvalue weighted by atomic mass is 32.2. The monoisotopic (exact) mass is 247 g/mol. The van der Waals surface area contributed by atoms with Crippen molar-refractivity contribution in [3.63, 3.8) is 0 Å². The summed E-state index contributed by atoms with van der Waals surface area (Å²) >= 11 is 1.76. The molecule has 16 heavy (non-hydrogen) atoms. The van der Waals surface area contributed by atoms with Gasteiger partial charge in [-0.3, -0.25) is 4.79 Å². The Morgan fingerprint density at radius 3 is 2.50 bits per heavy atom. The SMILES string of the molecule is CCSCCC(=O)NC(CO)CC(C)(C)C. The lowest BCUT2D eigenvalue weighted by atomic mass is 9.88. The van der Waals surface area contributed by atoms with Crippen LogP contribution in [0.4, 0.5) is 0 Å². The van der Waals surface area contributed by atoms with Crippen molar-refractivity contribution >= 4 is 17.7 Å². The van der Waals surface area contributed by atoms with E-state index in [0.29, 0.717) is 6.42 Å². The van der Waals surface area contributed by atoms with Gasteiger partial charge in [0.1, 0.15) is 0 Å². The lowest BCUT2D eigenvalue weighted by Crippen LogP contribution is -2.40. The molecule has 0 saturated carbocycles. The maximum absolute atomic E-state index is 11.5. The van der Waals surface area contributed by atoms with Gasteiger partial charge in [-0.15, -0.1) is 0 Å². The highest BCUT2D eigenvalue weighted by molar-refractivity contribution is 7.99. The van der Waals surface area contributed by atoms with Gasteiger partial charge in [0, 0.05) is 12.2 Å². The van der Waals surface area contributed by atoms with Gasteiger partial charge in [0.15, 0.2) is 0 Å². The van der Waals surface area contributed by atoms with Crippen LogP contribution in [0.5, 0.6) is 0 Å². The van der Waals surface area contributed by atoms with Crippen LogP contribution in [0.2, 0.25) is 0 Å². The van der Waals surface area contributed by atoms with E-state index in [0.717, 1.165) is 17.9 Å². The Bertz CT molecular complexity index is 202. The van der Waals surface area contributed by atoms with Crippen LogP contribution in [0.15, 0.2) is 0 Å². The van der Waals surface area contributed by atoms with Gasteiger partial charge < -0.3 is 10.4 Å². The molecule has 96 valence electrons. The zero-order chi connectivity index (χ0) is 12.6. The molecule has 0 saturated heterocycles. The Morgan fingerprint density at radius 1 is 1.44 bits per heavy atom. The van der Waals surface area contributed by atoms with Crippen LogP contribution in [-0.4, -0.2) is 35.2 Å². The minimum absolute atomic E-state index is 0.0178. The molecule has 0 aliphatic heterocycles. The van der Waals surface area contributed by atoms with E-state index >= 15 is 0 Å². The summed E-state index contributed by atoms with van der Waals surface area (Å²) in [4.78, 5) is 11.5. The summed E-state index contributed by atoms with van der Waals surface area (Å²) in [6.45, 7) is 8.42. The third-order valence-corrected chi connectivity index (χ3v) is 3.02. The number of nitrogens with one attached hydrogen (secondary N) is 1. The number of hydrogen-bond acceptors (Lipinski definition) is 3. The van der Waals surface area contributed by atoms with Crippen LogP contribution in [0, 0.1) is 5.41 Å². The van der Waals surface area contributed by atoms with Crippen molar-refractivity contribution in [1.29, 1.82) is 0 Å². The van der Waals surface area contributed by atoms with Gasteiger partial charge in [-0.25, -0.2) is 0 Å². The number of aliphatic hydroxyl groups excluding tert-OH is 1. The number of hydrogen-bond donors (Lipinski definition) is 2. The molecule has 0 radical (unpaired) electrons. The second-order valence-corrected chi connectivity index (χ2v) is 6.55. The van der Waals surface area contributed by atoms with Crippen molar-refractivity contribution in [3.8, 4) is 0 Å². The summed E-state index contributed by atoms with van der Waals surface area (Å²) in [5, 5.41) is 12.1. The number of aliphatic hydroxyl groups is 1. The zero-order valence-electron chi connectivity index (χ0n) is 10.9. The Labute approximate surface area is 103 Å². The fourth-order valence-electron chi connectivity index (χ4n) is 1.51. The first-order valence-corrected chi connectivity index (χ1v) is 7.02. The number of amides is 1. The molecule has 1 atom stereocenters. The number of thioether (sulfide) groups is 1. The van der Waals surface area contributed by atoms with Crippen LogP contribution in [0.25, 0.3) is 0 Å². The molecule has 1 amide bonds. The van der Waals surface area contributed by atoms with Crippen molar-refractivity contribution in [3.05, 3.63) is 0 Å². The van der Waals surface area contributed by atoms with E-state index in [1.165, 1.54) is 0 Å². The van der Waals surface area contributed by atoms with Gasteiger partial charge in [-0.05, 0) is 17.6 Å². The Morgan fingerprint density at radius 2 is 2.06 bits per heavy atom. The molecule has 4 heteroatoms. The van der Waals surface area contributed by atoms with Crippen molar-refractivity contribution in [2.24, 2.45) is 5.41 Å². The molecule has 0 aromatic carbocycles. The minimum Gasteiger partial charge on any atom is -0.394 e. The van der Waals surface area contributed by atoms with Gasteiger partial charge in [0.2, 0.25) is 5.91 Å². The molecule has 0 aliphatic carbocycles. The van der Waals surface area contributed by atoms with Crippen molar-refractivity contribution in [2.45, 2.75) is 46.6 Å². The van der Waals surface area contributed by atoms with E-state index in [9.17, 15) is 9.90 Å². The van der Waals surface area contributed by atoms with Gasteiger partial charge in [0.05, 0.1) is 12.6 Å². The maximum Gasteiger partial charge on any atom is 0.221 e. The average molecular weight is 247 g/mol. The van der Waals surface area contributed by atoms with E-state index in [4.69, 9.17) is 0 Å². The van der Waals surface area contributed by atoms with Crippen LogP contribution in [0.3, 0.4) is 0 Å². The van der Waals surface area contributed by atoms with Gasteiger partial charge in [-0.1, -0.05) is 27.7 Å².